The van der Waals surface area contributed by atoms with E-state index in [0.717, 1.165) is 60.5 Å². The van der Waals surface area contributed by atoms with Crippen molar-refractivity contribution in [3.63, 3.8) is 0 Å². The zero-order valence-electron chi connectivity index (χ0n) is 21.4. The van der Waals surface area contributed by atoms with Crippen LogP contribution in [0, 0.1) is 12.8 Å². The maximum atomic E-state index is 13.5. The van der Waals surface area contributed by atoms with Gasteiger partial charge in [0.25, 0.3) is 5.91 Å². The van der Waals surface area contributed by atoms with E-state index in [0.29, 0.717) is 35.6 Å². The lowest BCUT2D eigenvalue weighted by Gasteiger charge is -2.38. The Bertz CT molecular complexity index is 1480. The van der Waals surface area contributed by atoms with Crippen LogP contribution in [0.15, 0.2) is 36.5 Å². The molecule has 6 rings (SSSR count). The number of carbonyl (C=O) groups excluding carboxylic acids is 1. The molecule has 0 spiro atoms. The summed E-state index contributed by atoms with van der Waals surface area (Å²) in [4.78, 5) is 25.3. The van der Waals surface area contributed by atoms with E-state index in [-0.39, 0.29) is 11.9 Å². The van der Waals surface area contributed by atoms with Crippen LogP contribution in [0.3, 0.4) is 0 Å². The summed E-state index contributed by atoms with van der Waals surface area (Å²) in [5.41, 5.74) is 11.7. The number of aromatic nitrogens is 5. The zero-order chi connectivity index (χ0) is 25.7. The van der Waals surface area contributed by atoms with E-state index in [2.05, 4.69) is 43.9 Å². The molecule has 192 valence electrons. The highest BCUT2D eigenvalue weighted by atomic mass is 16.5. The molecule has 5 heterocycles. The number of ether oxygens (including phenoxy) is 1. The van der Waals surface area contributed by atoms with Gasteiger partial charge in [0.2, 0.25) is 11.8 Å². The number of nitrogens with two attached hydrogens (primary N) is 1. The molecule has 0 radical (unpaired) electrons. The highest BCUT2D eigenvalue weighted by molar-refractivity contribution is 6.05. The lowest BCUT2D eigenvalue weighted by Crippen LogP contribution is -2.55. The van der Waals surface area contributed by atoms with Crippen LogP contribution in [0.4, 0.5) is 11.6 Å². The number of benzene rings is 1. The van der Waals surface area contributed by atoms with Gasteiger partial charge in [-0.15, -0.1) is 0 Å². The number of anilines is 2. The second kappa shape index (κ2) is 9.19. The average Bonchev–Trinajstić information content (AvgIpc) is 3.38. The summed E-state index contributed by atoms with van der Waals surface area (Å²) in [5, 5.41) is 7.46. The Hall–Kier alpha value is -3.92. The van der Waals surface area contributed by atoms with E-state index in [1.54, 1.807) is 23.0 Å². The minimum Gasteiger partial charge on any atom is -0.477 e. The number of rotatable bonds is 1. The smallest absolute Gasteiger partial charge is 0.258 e. The Morgan fingerprint density at radius 2 is 1.97 bits per heavy atom. The van der Waals surface area contributed by atoms with Crippen LogP contribution in [0.2, 0.25) is 0 Å². The van der Waals surface area contributed by atoms with Gasteiger partial charge in [-0.25, -0.2) is 9.67 Å². The van der Waals surface area contributed by atoms with Crippen molar-refractivity contribution in [1.82, 2.24) is 24.3 Å². The Kier molecular flexibility index (Phi) is 5.83. The van der Waals surface area contributed by atoms with Gasteiger partial charge in [-0.3, -0.25) is 15.1 Å². The molecular formula is C27H32N8O2. The summed E-state index contributed by atoms with van der Waals surface area (Å²) in [6.07, 6.45) is 3.59. The third-order valence-electron chi connectivity index (χ3n) is 7.18. The van der Waals surface area contributed by atoms with Crippen LogP contribution in [-0.4, -0.2) is 56.0 Å². The Morgan fingerprint density at radius 3 is 2.78 bits per heavy atom. The first-order valence-corrected chi connectivity index (χ1v) is 12.8. The van der Waals surface area contributed by atoms with E-state index < -0.39 is 0 Å². The normalized spacial score (nSPS) is 18.8. The first-order valence-electron chi connectivity index (χ1n) is 12.8. The molecule has 10 heteroatoms. The third kappa shape index (κ3) is 4.42. The van der Waals surface area contributed by atoms with Gasteiger partial charge >= 0.3 is 0 Å². The minimum absolute atomic E-state index is 0.218. The van der Waals surface area contributed by atoms with Crippen molar-refractivity contribution in [1.29, 1.82) is 0 Å². The lowest BCUT2D eigenvalue weighted by molar-refractivity contribution is 0.102. The topological polar surface area (TPSA) is 116 Å². The van der Waals surface area contributed by atoms with Crippen LogP contribution in [-0.2, 0) is 13.6 Å². The van der Waals surface area contributed by atoms with Crippen molar-refractivity contribution in [2.45, 2.75) is 39.3 Å². The van der Waals surface area contributed by atoms with Crippen LogP contribution in [0.1, 0.15) is 35.8 Å². The fourth-order valence-corrected chi connectivity index (χ4v) is 5.20. The summed E-state index contributed by atoms with van der Waals surface area (Å²) < 4.78 is 10.0. The van der Waals surface area contributed by atoms with Gasteiger partial charge in [0.15, 0.2) is 0 Å². The number of carbonyl (C=O) groups is 1. The second-order valence-electron chi connectivity index (χ2n) is 10.3. The molecule has 3 N–H and O–H groups in total. The number of aryl methyl sites for hydroxylation is 2. The van der Waals surface area contributed by atoms with Crippen LogP contribution < -0.4 is 20.7 Å². The number of hydrogen-bond donors (Lipinski definition) is 2. The molecule has 0 unspecified atom stereocenters. The van der Waals surface area contributed by atoms with Gasteiger partial charge in [0, 0.05) is 49.7 Å². The minimum atomic E-state index is -0.230. The summed E-state index contributed by atoms with van der Waals surface area (Å²) in [6, 6.07) is 10.0. The first-order chi connectivity index (χ1) is 17.9. The van der Waals surface area contributed by atoms with Gasteiger partial charge < -0.3 is 19.9 Å². The fourth-order valence-electron chi connectivity index (χ4n) is 5.20. The standard InChI is InChI=1S/C27H32N8O2/c1-16-5-4-8-37-26-21(12-29-33(26)3)23-10-18(9-17(2)30-23)25(36)32-27-31-22-7-6-20(34-14-19(28)15-34)11-24(22)35(27)13-16/h6-7,9-12,16,19H,4-5,8,13-15,28H2,1-3H3,(H,31,32,36)/t16-/m1/s1. The van der Waals surface area contributed by atoms with E-state index in [1.807, 2.05) is 20.0 Å². The number of amides is 1. The summed E-state index contributed by atoms with van der Waals surface area (Å²) in [5.74, 6) is 1.32. The van der Waals surface area contributed by atoms with E-state index in [1.165, 1.54) is 0 Å². The summed E-state index contributed by atoms with van der Waals surface area (Å²) in [6.45, 7) is 7.10. The van der Waals surface area contributed by atoms with Crippen LogP contribution >= 0.6 is 0 Å². The molecule has 4 aromatic rings. The molecule has 0 aliphatic carbocycles. The number of pyridine rings is 1. The Labute approximate surface area is 215 Å². The van der Waals surface area contributed by atoms with Crippen molar-refractivity contribution < 1.29 is 9.53 Å². The highest BCUT2D eigenvalue weighted by Crippen LogP contribution is 2.32. The third-order valence-corrected chi connectivity index (χ3v) is 7.18. The van der Waals surface area contributed by atoms with E-state index in [9.17, 15) is 4.79 Å². The van der Waals surface area contributed by atoms with Gasteiger partial charge in [0.05, 0.1) is 35.1 Å². The SMILES string of the molecule is Cc1cc2cc(n1)-c1cnn(C)c1OCCC[C@@H](C)Cn1c(nc3ccc(N4CC(N)C4)cc31)NC2=O. The number of nitrogens with one attached hydrogen (secondary N) is 1. The molecule has 1 atom stereocenters. The maximum absolute atomic E-state index is 13.5. The van der Waals surface area contributed by atoms with Crippen molar-refractivity contribution in [3.05, 3.63) is 47.8 Å². The van der Waals surface area contributed by atoms with Crippen molar-refractivity contribution >= 4 is 28.6 Å². The molecular weight excluding hydrogens is 468 g/mol. The number of hydrogen-bond acceptors (Lipinski definition) is 7. The Morgan fingerprint density at radius 1 is 1.14 bits per heavy atom. The predicted molar refractivity (Wildman–Crippen MR) is 143 cm³/mol. The van der Waals surface area contributed by atoms with Gasteiger partial charge in [-0.05, 0) is 56.0 Å². The van der Waals surface area contributed by atoms with Gasteiger partial charge in [-0.2, -0.15) is 5.10 Å². The first kappa shape index (κ1) is 23.5. The number of imidazole rings is 1. The molecule has 2 bridgehead atoms. The average molecular weight is 501 g/mol. The van der Waals surface area contributed by atoms with Crippen LogP contribution in [0.25, 0.3) is 22.3 Å². The predicted octanol–water partition coefficient (Wildman–Crippen LogP) is 3.35. The van der Waals surface area contributed by atoms with E-state index in [4.69, 9.17) is 15.5 Å². The number of nitrogens with zero attached hydrogens (tertiary/aromatic N) is 6. The molecule has 0 saturated carbocycles. The summed E-state index contributed by atoms with van der Waals surface area (Å²) in [7, 11) is 1.85. The molecule has 1 fully saturated rings. The second-order valence-corrected chi connectivity index (χ2v) is 10.3. The molecule has 1 amide bonds. The zero-order valence-corrected chi connectivity index (χ0v) is 21.4. The largest absolute Gasteiger partial charge is 0.477 e. The van der Waals surface area contributed by atoms with Crippen molar-refractivity contribution in [2.75, 3.05) is 29.9 Å². The molecule has 3 aromatic heterocycles. The quantitative estimate of drug-likeness (QED) is 0.412. The molecule has 1 saturated heterocycles. The van der Waals surface area contributed by atoms with Crippen molar-refractivity contribution in [2.24, 2.45) is 18.7 Å². The Balaban J connectivity index is 1.42. The molecule has 37 heavy (non-hydrogen) atoms. The van der Waals surface area contributed by atoms with E-state index >= 15 is 0 Å². The molecule has 2 aliphatic heterocycles. The highest BCUT2D eigenvalue weighted by Gasteiger charge is 2.25. The monoisotopic (exact) mass is 500 g/mol. The molecule has 2 aliphatic rings. The molecule has 10 nitrogen and oxygen atoms in total. The maximum Gasteiger partial charge on any atom is 0.258 e. The van der Waals surface area contributed by atoms with Crippen LogP contribution in [0.5, 0.6) is 5.88 Å². The van der Waals surface area contributed by atoms with Gasteiger partial charge in [-0.1, -0.05) is 6.92 Å². The summed E-state index contributed by atoms with van der Waals surface area (Å²) >= 11 is 0. The number of fused-ring (bicyclic) bond motifs is 7. The lowest BCUT2D eigenvalue weighted by atomic mass is 10.1. The molecule has 1 aromatic carbocycles. The fraction of sp³-hybridized carbons (Fsp3) is 0.407. The van der Waals surface area contributed by atoms with Crippen molar-refractivity contribution in [3.8, 4) is 17.1 Å². The van der Waals surface area contributed by atoms with Gasteiger partial charge in [0.1, 0.15) is 0 Å².